The molecule has 0 aliphatic heterocycles. The zero-order chi connectivity index (χ0) is 13.6. The molecule has 1 rings (SSSR count). The lowest BCUT2D eigenvalue weighted by atomic mass is 9.95. The minimum absolute atomic E-state index is 0.158. The van der Waals surface area contributed by atoms with Crippen LogP contribution < -0.4 is 5.32 Å². The van der Waals surface area contributed by atoms with E-state index in [-0.39, 0.29) is 5.97 Å². The van der Waals surface area contributed by atoms with Gasteiger partial charge in [-0.05, 0) is 58.7 Å². The van der Waals surface area contributed by atoms with Gasteiger partial charge in [0.25, 0.3) is 0 Å². The monoisotopic (exact) mass is 256 g/mol. The lowest BCUT2D eigenvalue weighted by molar-refractivity contribution is -0.148. The summed E-state index contributed by atoms with van der Waals surface area (Å²) in [6.07, 6.45) is 4.62. The van der Waals surface area contributed by atoms with E-state index in [4.69, 9.17) is 4.74 Å². The van der Waals surface area contributed by atoms with Gasteiger partial charge < -0.3 is 15.0 Å². The van der Waals surface area contributed by atoms with Crippen LogP contribution in [0.4, 0.5) is 0 Å². The molecule has 1 fully saturated rings. The van der Waals surface area contributed by atoms with Crippen LogP contribution in [0.15, 0.2) is 0 Å². The van der Waals surface area contributed by atoms with Crippen LogP contribution in [0.25, 0.3) is 0 Å². The molecule has 1 N–H and O–H groups in total. The molecule has 1 atom stereocenters. The highest BCUT2D eigenvalue weighted by Gasteiger charge is 2.32. The summed E-state index contributed by atoms with van der Waals surface area (Å²) in [5.74, 6) is 0.768. The van der Waals surface area contributed by atoms with Crippen molar-refractivity contribution in [1.29, 1.82) is 0 Å². The van der Waals surface area contributed by atoms with Gasteiger partial charge in [0.2, 0.25) is 0 Å². The minimum Gasteiger partial charge on any atom is -0.468 e. The SMILES string of the molecule is CCNC(C)(CCCN(C)CC1CC1)C(=O)OC. The zero-order valence-corrected chi connectivity index (χ0v) is 12.3. The Labute approximate surface area is 111 Å². The number of carbonyl (C=O) groups excluding carboxylic acids is 1. The molecule has 106 valence electrons. The van der Waals surface area contributed by atoms with Crippen molar-refractivity contribution in [2.24, 2.45) is 5.92 Å². The van der Waals surface area contributed by atoms with Crippen molar-refractivity contribution < 1.29 is 9.53 Å². The molecular weight excluding hydrogens is 228 g/mol. The lowest BCUT2D eigenvalue weighted by Crippen LogP contribution is -2.50. The van der Waals surface area contributed by atoms with E-state index in [1.807, 2.05) is 13.8 Å². The lowest BCUT2D eigenvalue weighted by Gasteiger charge is -2.28. The molecule has 1 saturated carbocycles. The molecular formula is C14H28N2O2. The smallest absolute Gasteiger partial charge is 0.325 e. The third kappa shape index (κ3) is 4.94. The number of carbonyl (C=O) groups is 1. The average Bonchev–Trinajstić information content (AvgIpc) is 3.12. The van der Waals surface area contributed by atoms with Gasteiger partial charge in [-0.2, -0.15) is 0 Å². The Hall–Kier alpha value is -0.610. The molecule has 0 aromatic heterocycles. The predicted octanol–water partition coefficient (Wildman–Crippen LogP) is 1.65. The summed E-state index contributed by atoms with van der Waals surface area (Å²) in [7, 11) is 3.62. The Morgan fingerprint density at radius 2 is 2.17 bits per heavy atom. The highest BCUT2D eigenvalue weighted by molar-refractivity contribution is 5.80. The normalized spacial score (nSPS) is 18.7. The molecule has 18 heavy (non-hydrogen) atoms. The molecule has 0 bridgehead atoms. The molecule has 1 aliphatic carbocycles. The molecule has 0 aromatic rings. The number of hydrogen-bond acceptors (Lipinski definition) is 4. The second-order valence-corrected chi connectivity index (χ2v) is 5.66. The molecule has 4 heteroatoms. The van der Waals surface area contributed by atoms with Crippen molar-refractivity contribution in [3.8, 4) is 0 Å². The van der Waals surface area contributed by atoms with E-state index in [2.05, 4.69) is 17.3 Å². The summed E-state index contributed by atoms with van der Waals surface area (Å²) in [5, 5.41) is 3.24. The first-order valence-corrected chi connectivity index (χ1v) is 7.04. The van der Waals surface area contributed by atoms with Gasteiger partial charge in [0.15, 0.2) is 0 Å². The second-order valence-electron chi connectivity index (χ2n) is 5.66. The van der Waals surface area contributed by atoms with Gasteiger partial charge >= 0.3 is 5.97 Å². The summed E-state index contributed by atoms with van der Waals surface area (Å²) in [6, 6.07) is 0. The molecule has 0 saturated heterocycles. The fourth-order valence-electron chi connectivity index (χ4n) is 2.41. The third-order valence-electron chi connectivity index (χ3n) is 3.69. The van der Waals surface area contributed by atoms with Crippen LogP contribution in [0.5, 0.6) is 0 Å². The van der Waals surface area contributed by atoms with Gasteiger partial charge in [-0.25, -0.2) is 0 Å². The number of hydrogen-bond donors (Lipinski definition) is 1. The van der Waals surface area contributed by atoms with E-state index >= 15 is 0 Å². The number of esters is 1. The van der Waals surface area contributed by atoms with E-state index < -0.39 is 5.54 Å². The van der Waals surface area contributed by atoms with Gasteiger partial charge in [0, 0.05) is 6.54 Å². The molecule has 1 aliphatic rings. The van der Waals surface area contributed by atoms with Gasteiger partial charge in [-0.3, -0.25) is 4.79 Å². The first-order valence-electron chi connectivity index (χ1n) is 7.04. The van der Waals surface area contributed by atoms with Crippen LogP contribution in [0, 0.1) is 5.92 Å². The van der Waals surface area contributed by atoms with Crippen LogP contribution in [-0.4, -0.2) is 50.2 Å². The standard InChI is InChI=1S/C14H28N2O2/c1-5-15-14(2,13(17)18-4)9-6-10-16(3)11-12-7-8-12/h12,15H,5-11H2,1-4H3. The van der Waals surface area contributed by atoms with E-state index in [1.165, 1.54) is 26.5 Å². The van der Waals surface area contributed by atoms with Crippen molar-refractivity contribution in [2.75, 3.05) is 33.8 Å². The number of nitrogens with zero attached hydrogens (tertiary/aromatic N) is 1. The van der Waals surface area contributed by atoms with Crippen LogP contribution in [-0.2, 0) is 9.53 Å². The van der Waals surface area contributed by atoms with Crippen LogP contribution in [0.2, 0.25) is 0 Å². The maximum Gasteiger partial charge on any atom is 0.325 e. The van der Waals surface area contributed by atoms with Crippen molar-refractivity contribution in [2.45, 2.75) is 45.1 Å². The summed E-state index contributed by atoms with van der Waals surface area (Å²) < 4.78 is 4.88. The van der Waals surface area contributed by atoms with Gasteiger partial charge in [0.1, 0.15) is 5.54 Å². The summed E-state index contributed by atoms with van der Waals surface area (Å²) >= 11 is 0. The van der Waals surface area contributed by atoms with E-state index in [0.717, 1.165) is 31.8 Å². The quantitative estimate of drug-likeness (QED) is 0.637. The maximum absolute atomic E-state index is 11.8. The first kappa shape index (κ1) is 15.4. The number of ether oxygens (including phenoxy) is 1. The van der Waals surface area contributed by atoms with Crippen molar-refractivity contribution in [3.05, 3.63) is 0 Å². The Kier molecular flexibility index (Phi) is 6.09. The summed E-state index contributed by atoms with van der Waals surface area (Å²) in [4.78, 5) is 14.2. The summed E-state index contributed by atoms with van der Waals surface area (Å²) in [5.41, 5.74) is -0.538. The second kappa shape index (κ2) is 7.10. The number of likely N-dealkylation sites (N-methyl/N-ethyl adjacent to an activating group) is 1. The van der Waals surface area contributed by atoms with Gasteiger partial charge in [0.05, 0.1) is 7.11 Å². The van der Waals surface area contributed by atoms with E-state index in [1.54, 1.807) is 0 Å². The molecule has 4 nitrogen and oxygen atoms in total. The number of rotatable bonds is 9. The van der Waals surface area contributed by atoms with E-state index in [0.29, 0.717) is 0 Å². The zero-order valence-electron chi connectivity index (χ0n) is 12.3. The molecule has 0 amide bonds. The van der Waals surface area contributed by atoms with E-state index in [9.17, 15) is 4.79 Å². The molecule has 0 radical (unpaired) electrons. The first-order chi connectivity index (χ1) is 8.51. The third-order valence-corrected chi connectivity index (χ3v) is 3.69. The van der Waals surface area contributed by atoms with Crippen LogP contribution >= 0.6 is 0 Å². The topological polar surface area (TPSA) is 41.6 Å². The Morgan fingerprint density at radius 1 is 1.50 bits per heavy atom. The Bertz CT molecular complexity index is 267. The minimum atomic E-state index is -0.538. The van der Waals surface area contributed by atoms with Crippen molar-refractivity contribution >= 4 is 5.97 Å². The number of nitrogens with one attached hydrogen (secondary N) is 1. The Morgan fingerprint density at radius 3 is 2.67 bits per heavy atom. The molecule has 0 aromatic carbocycles. The fourth-order valence-corrected chi connectivity index (χ4v) is 2.41. The Balaban J connectivity index is 2.29. The summed E-state index contributed by atoms with van der Waals surface area (Å²) in [6.45, 7) is 6.98. The maximum atomic E-state index is 11.8. The molecule has 1 unspecified atom stereocenters. The average molecular weight is 256 g/mol. The predicted molar refractivity (Wildman–Crippen MR) is 73.6 cm³/mol. The highest BCUT2D eigenvalue weighted by Crippen LogP contribution is 2.29. The molecule has 0 heterocycles. The largest absolute Gasteiger partial charge is 0.468 e. The van der Waals surface area contributed by atoms with Crippen molar-refractivity contribution in [1.82, 2.24) is 10.2 Å². The highest BCUT2D eigenvalue weighted by atomic mass is 16.5. The van der Waals surface area contributed by atoms with Crippen LogP contribution in [0.1, 0.15) is 39.5 Å². The molecule has 0 spiro atoms. The number of methoxy groups -OCH3 is 1. The van der Waals surface area contributed by atoms with Crippen LogP contribution in [0.3, 0.4) is 0 Å². The van der Waals surface area contributed by atoms with Gasteiger partial charge in [-0.15, -0.1) is 0 Å². The van der Waals surface area contributed by atoms with Gasteiger partial charge in [-0.1, -0.05) is 6.92 Å². The van der Waals surface area contributed by atoms with Crippen molar-refractivity contribution in [3.63, 3.8) is 0 Å². The fraction of sp³-hybridized carbons (Fsp3) is 0.929.